The molecule has 0 saturated carbocycles. The number of halogens is 1. The van der Waals surface area contributed by atoms with Crippen LogP contribution in [0.2, 0.25) is 0 Å². The molecule has 0 radical (unpaired) electrons. The maximum atomic E-state index is 13.2. The second kappa shape index (κ2) is 7.28. The lowest BCUT2D eigenvalue weighted by atomic mass is 10.2. The lowest BCUT2D eigenvalue weighted by Crippen LogP contribution is -2.18. The Morgan fingerprint density at radius 3 is 2.74 bits per heavy atom. The van der Waals surface area contributed by atoms with Gasteiger partial charge in [0.2, 0.25) is 5.82 Å². The van der Waals surface area contributed by atoms with Crippen molar-refractivity contribution in [3.05, 3.63) is 34.1 Å². The van der Waals surface area contributed by atoms with Crippen LogP contribution in [0.25, 0.3) is 0 Å². The fraction of sp³-hybridized carbons (Fsp3) is 0.417. The lowest BCUT2D eigenvalue weighted by Gasteiger charge is -2.15. The summed E-state index contributed by atoms with van der Waals surface area (Å²) < 4.78 is 13.2. The Morgan fingerprint density at radius 2 is 2.16 bits per heavy atom. The van der Waals surface area contributed by atoms with Crippen LogP contribution >= 0.6 is 0 Å². The molecule has 19 heavy (non-hydrogen) atoms. The Labute approximate surface area is 109 Å². The first kappa shape index (κ1) is 14.9. The van der Waals surface area contributed by atoms with Crippen molar-refractivity contribution in [2.24, 2.45) is 0 Å². The van der Waals surface area contributed by atoms with E-state index in [1.54, 1.807) is 0 Å². The van der Waals surface area contributed by atoms with Crippen LogP contribution in [-0.2, 0) is 0 Å². The molecule has 102 valence electrons. The van der Waals surface area contributed by atoms with E-state index in [4.69, 9.17) is 10.4 Å². The minimum absolute atomic E-state index is 0.0918. The van der Waals surface area contributed by atoms with Crippen molar-refractivity contribution < 1.29 is 14.4 Å². The Hall–Kier alpha value is -2.20. The number of aliphatic hydroxyl groups excluding tert-OH is 1. The van der Waals surface area contributed by atoms with Gasteiger partial charge in [0.25, 0.3) is 0 Å². The molecule has 1 rings (SSSR count). The number of rotatable bonds is 7. The molecule has 0 atom stereocenters. The van der Waals surface area contributed by atoms with Crippen molar-refractivity contribution in [1.82, 2.24) is 0 Å². The van der Waals surface area contributed by atoms with Gasteiger partial charge < -0.3 is 5.11 Å². The molecule has 6 nitrogen and oxygen atoms in total. The van der Waals surface area contributed by atoms with Gasteiger partial charge in [-0.25, -0.2) is 0 Å². The summed E-state index contributed by atoms with van der Waals surface area (Å²) in [6.07, 6.45) is 3.96. The minimum atomic E-state index is -0.924. The molecule has 0 aliphatic rings. The zero-order valence-corrected chi connectivity index (χ0v) is 10.3. The molecule has 1 aromatic carbocycles. The molecule has 0 heterocycles. The molecule has 0 saturated heterocycles. The Bertz CT molecular complexity index is 488. The number of nitrogens with zero attached hydrogens (tertiary/aromatic N) is 3. The summed E-state index contributed by atoms with van der Waals surface area (Å²) in [4.78, 5) is 11.1. The molecule has 0 aromatic heterocycles. The van der Waals surface area contributed by atoms with E-state index in [2.05, 4.69) is 0 Å². The van der Waals surface area contributed by atoms with E-state index in [-0.39, 0.29) is 6.61 Å². The average molecular weight is 267 g/mol. The van der Waals surface area contributed by atoms with Gasteiger partial charge in [0.05, 0.1) is 10.6 Å². The van der Waals surface area contributed by atoms with Gasteiger partial charge in [-0.15, -0.1) is 0 Å². The normalized spacial score (nSPS) is 9.95. The molecule has 7 heteroatoms. The maximum Gasteiger partial charge on any atom is 0.306 e. The standard InChI is InChI=1S/C12H14FN3O3/c13-11-5-4-10(8-12(11)16(18)19)15(9-14)6-2-1-3-7-17/h4-5,8,17H,1-3,6-7H2. The number of benzene rings is 1. The monoisotopic (exact) mass is 267 g/mol. The van der Waals surface area contributed by atoms with Crippen LogP contribution in [0.3, 0.4) is 0 Å². The summed E-state index contributed by atoms with van der Waals surface area (Å²) in [5, 5.41) is 28.3. The van der Waals surface area contributed by atoms with Gasteiger partial charge in [0.15, 0.2) is 6.19 Å². The highest BCUT2D eigenvalue weighted by molar-refractivity contribution is 5.56. The zero-order chi connectivity index (χ0) is 14.3. The number of unbranched alkanes of at least 4 members (excludes halogenated alkanes) is 2. The number of hydrogen-bond donors (Lipinski definition) is 1. The number of nitro benzene ring substituents is 1. The van der Waals surface area contributed by atoms with Crippen LogP contribution in [0.4, 0.5) is 15.8 Å². The van der Waals surface area contributed by atoms with E-state index in [0.29, 0.717) is 25.1 Å². The first-order valence-corrected chi connectivity index (χ1v) is 5.82. The minimum Gasteiger partial charge on any atom is -0.396 e. The summed E-state index contributed by atoms with van der Waals surface area (Å²) in [5.41, 5.74) is -0.354. The van der Waals surface area contributed by atoms with Crippen molar-refractivity contribution >= 4 is 11.4 Å². The lowest BCUT2D eigenvalue weighted by molar-refractivity contribution is -0.387. The molecule has 1 aromatic rings. The summed E-state index contributed by atoms with van der Waals surface area (Å²) in [6.45, 7) is 0.466. The van der Waals surface area contributed by atoms with Gasteiger partial charge in [-0.2, -0.15) is 9.65 Å². The van der Waals surface area contributed by atoms with Crippen LogP contribution in [-0.4, -0.2) is 23.2 Å². The van der Waals surface area contributed by atoms with Gasteiger partial charge in [0, 0.05) is 19.2 Å². The van der Waals surface area contributed by atoms with E-state index in [9.17, 15) is 14.5 Å². The van der Waals surface area contributed by atoms with Crippen molar-refractivity contribution in [3.63, 3.8) is 0 Å². The molecular weight excluding hydrogens is 253 g/mol. The first-order valence-electron chi connectivity index (χ1n) is 5.82. The molecule has 0 aliphatic carbocycles. The highest BCUT2D eigenvalue weighted by atomic mass is 19.1. The van der Waals surface area contributed by atoms with Gasteiger partial charge in [-0.05, 0) is 31.4 Å². The SMILES string of the molecule is N#CN(CCCCCO)c1ccc(F)c([N+](=O)[O-])c1. The third-order valence-corrected chi connectivity index (χ3v) is 2.60. The number of hydrogen-bond acceptors (Lipinski definition) is 5. The molecule has 0 amide bonds. The maximum absolute atomic E-state index is 13.2. The highest BCUT2D eigenvalue weighted by Crippen LogP contribution is 2.24. The Kier molecular flexibility index (Phi) is 5.70. The van der Waals surface area contributed by atoms with Gasteiger partial charge in [-0.3, -0.25) is 15.0 Å². The van der Waals surface area contributed by atoms with Crippen molar-refractivity contribution in [3.8, 4) is 6.19 Å². The number of nitriles is 1. The fourth-order valence-electron chi connectivity index (χ4n) is 1.60. The van der Waals surface area contributed by atoms with E-state index < -0.39 is 16.4 Å². The second-order valence-electron chi connectivity index (χ2n) is 3.93. The number of aliphatic hydroxyl groups is 1. The predicted molar refractivity (Wildman–Crippen MR) is 67.0 cm³/mol. The molecular formula is C12H14FN3O3. The molecule has 0 spiro atoms. The molecule has 0 aliphatic heterocycles. The zero-order valence-electron chi connectivity index (χ0n) is 10.3. The van der Waals surface area contributed by atoms with Gasteiger partial charge in [0.1, 0.15) is 0 Å². The van der Waals surface area contributed by atoms with E-state index in [1.807, 2.05) is 6.19 Å². The third kappa shape index (κ3) is 4.19. The molecule has 1 N–H and O–H groups in total. The average Bonchev–Trinajstić information content (AvgIpc) is 2.40. The largest absolute Gasteiger partial charge is 0.396 e. The van der Waals surface area contributed by atoms with Gasteiger partial charge >= 0.3 is 5.69 Å². The topological polar surface area (TPSA) is 90.4 Å². The first-order chi connectivity index (χ1) is 9.10. The third-order valence-electron chi connectivity index (χ3n) is 2.60. The Balaban J connectivity index is 2.79. The highest BCUT2D eigenvalue weighted by Gasteiger charge is 2.16. The van der Waals surface area contributed by atoms with Crippen LogP contribution in [0.1, 0.15) is 19.3 Å². The van der Waals surface area contributed by atoms with Crippen LogP contribution in [0.5, 0.6) is 0 Å². The predicted octanol–water partition coefficient (Wildman–Crippen LogP) is 2.18. The van der Waals surface area contributed by atoms with Crippen LogP contribution in [0.15, 0.2) is 18.2 Å². The number of nitro groups is 1. The molecule has 0 bridgehead atoms. The molecule has 0 unspecified atom stereocenters. The summed E-state index contributed by atoms with van der Waals surface area (Å²) in [6, 6.07) is 3.35. The molecule has 0 fully saturated rings. The van der Waals surface area contributed by atoms with Crippen molar-refractivity contribution in [2.75, 3.05) is 18.1 Å². The smallest absolute Gasteiger partial charge is 0.306 e. The van der Waals surface area contributed by atoms with E-state index in [0.717, 1.165) is 18.6 Å². The Morgan fingerprint density at radius 1 is 1.42 bits per heavy atom. The quantitative estimate of drug-likeness (QED) is 0.269. The summed E-state index contributed by atoms with van der Waals surface area (Å²) >= 11 is 0. The fourth-order valence-corrected chi connectivity index (χ4v) is 1.60. The van der Waals surface area contributed by atoms with E-state index in [1.165, 1.54) is 11.0 Å². The van der Waals surface area contributed by atoms with Crippen LogP contribution in [0, 0.1) is 27.4 Å². The number of anilines is 1. The second-order valence-corrected chi connectivity index (χ2v) is 3.93. The van der Waals surface area contributed by atoms with Crippen molar-refractivity contribution in [1.29, 1.82) is 5.26 Å². The summed E-state index contributed by atoms with van der Waals surface area (Å²) in [5.74, 6) is -0.924. The van der Waals surface area contributed by atoms with Crippen molar-refractivity contribution in [2.45, 2.75) is 19.3 Å². The van der Waals surface area contributed by atoms with E-state index >= 15 is 0 Å². The van der Waals surface area contributed by atoms with Gasteiger partial charge in [-0.1, -0.05) is 0 Å². The van der Waals surface area contributed by atoms with Crippen LogP contribution < -0.4 is 4.90 Å². The summed E-state index contributed by atoms with van der Waals surface area (Å²) in [7, 11) is 0.